The average molecular weight is 359 g/mol. The largest absolute Gasteiger partial charge is 0.449 e. The number of nitro groups is 1. The average Bonchev–Trinajstić information content (AvgIpc) is 2.44. The van der Waals surface area contributed by atoms with E-state index < -0.39 is 49.4 Å². The Morgan fingerprint density at radius 2 is 1.92 bits per heavy atom. The van der Waals surface area contributed by atoms with Crippen LogP contribution in [0.5, 0.6) is 0 Å². The van der Waals surface area contributed by atoms with Crippen LogP contribution in [0.15, 0.2) is 23.1 Å². The minimum Gasteiger partial charge on any atom is -0.449 e. The van der Waals surface area contributed by atoms with Gasteiger partial charge in [0.1, 0.15) is 4.90 Å². The molecule has 0 aliphatic carbocycles. The molecule has 0 unspecified atom stereocenters. The lowest BCUT2D eigenvalue weighted by molar-refractivity contribution is -0.387. The summed E-state index contributed by atoms with van der Waals surface area (Å²) in [5.41, 5.74) is 3.60. The number of nitrogens with one attached hydrogen (secondary N) is 1. The number of carbonyl (C=O) groups excluding carboxylic acids is 3. The van der Waals surface area contributed by atoms with E-state index in [4.69, 9.17) is 10.5 Å². The molecule has 0 aliphatic rings. The molecule has 0 fully saturated rings. The number of nitrogens with zero attached hydrogens (tertiary/aromatic N) is 1. The van der Waals surface area contributed by atoms with E-state index in [-0.39, 0.29) is 5.56 Å². The Hall–Kier alpha value is -3.02. The summed E-state index contributed by atoms with van der Waals surface area (Å²) in [6.07, 6.45) is -0.623. The summed E-state index contributed by atoms with van der Waals surface area (Å²) < 4.78 is 27.7. The molecule has 1 aromatic rings. The molecular formula is C12H13N3O8S. The SMILES string of the molecule is C[C@H](OC(=O)c1ccc(S(C)(=O)=O)c([N+](=O)[O-])c1)C(=O)NC(N)=O. The zero-order chi connectivity index (χ0) is 18.7. The van der Waals surface area contributed by atoms with E-state index in [2.05, 4.69) is 0 Å². The minimum absolute atomic E-state index is 0.340. The third-order valence-electron chi connectivity index (χ3n) is 2.69. The molecule has 1 atom stereocenters. The molecular weight excluding hydrogens is 346 g/mol. The van der Waals surface area contributed by atoms with Crippen molar-refractivity contribution in [1.29, 1.82) is 0 Å². The molecule has 0 bridgehead atoms. The van der Waals surface area contributed by atoms with Crippen LogP contribution in [0.25, 0.3) is 0 Å². The van der Waals surface area contributed by atoms with Crippen LogP contribution < -0.4 is 11.1 Å². The summed E-state index contributed by atoms with van der Waals surface area (Å²) >= 11 is 0. The zero-order valence-corrected chi connectivity index (χ0v) is 13.3. The van der Waals surface area contributed by atoms with Gasteiger partial charge in [0.2, 0.25) is 0 Å². The number of imide groups is 1. The number of carbonyl (C=O) groups is 3. The van der Waals surface area contributed by atoms with Crippen molar-refractivity contribution in [3.63, 3.8) is 0 Å². The molecule has 3 N–H and O–H groups in total. The van der Waals surface area contributed by atoms with E-state index in [1.54, 1.807) is 5.32 Å². The Morgan fingerprint density at radius 3 is 2.38 bits per heavy atom. The van der Waals surface area contributed by atoms with Crippen molar-refractivity contribution in [2.75, 3.05) is 6.26 Å². The van der Waals surface area contributed by atoms with Crippen LogP contribution in [-0.4, -0.2) is 43.6 Å². The second-order valence-electron chi connectivity index (χ2n) is 4.61. The van der Waals surface area contributed by atoms with Gasteiger partial charge in [-0.3, -0.25) is 20.2 Å². The van der Waals surface area contributed by atoms with Gasteiger partial charge in [-0.2, -0.15) is 0 Å². The summed E-state index contributed by atoms with van der Waals surface area (Å²) in [5.74, 6) is -2.11. The zero-order valence-electron chi connectivity index (χ0n) is 12.5. The number of primary amides is 1. The van der Waals surface area contributed by atoms with Gasteiger partial charge in [0, 0.05) is 12.3 Å². The highest BCUT2D eigenvalue weighted by Gasteiger charge is 2.26. The molecule has 0 saturated carbocycles. The molecule has 0 spiro atoms. The minimum atomic E-state index is -3.88. The first-order valence-corrected chi connectivity index (χ1v) is 8.12. The summed E-state index contributed by atoms with van der Waals surface area (Å²) in [7, 11) is -3.88. The van der Waals surface area contributed by atoms with Crippen LogP contribution >= 0.6 is 0 Å². The number of ether oxygens (including phenoxy) is 1. The number of urea groups is 1. The second-order valence-corrected chi connectivity index (χ2v) is 6.60. The Labute approximate surface area is 135 Å². The third kappa shape index (κ3) is 4.74. The molecule has 0 aromatic heterocycles. The number of benzene rings is 1. The second kappa shape index (κ2) is 7.04. The first-order valence-electron chi connectivity index (χ1n) is 6.23. The van der Waals surface area contributed by atoms with Gasteiger partial charge in [-0.1, -0.05) is 0 Å². The monoisotopic (exact) mass is 359 g/mol. The Morgan fingerprint density at radius 1 is 1.33 bits per heavy atom. The molecule has 0 saturated heterocycles. The van der Waals surface area contributed by atoms with E-state index in [1.165, 1.54) is 0 Å². The van der Waals surface area contributed by atoms with E-state index in [1.807, 2.05) is 0 Å². The maximum atomic E-state index is 11.9. The van der Waals surface area contributed by atoms with Crippen molar-refractivity contribution in [2.24, 2.45) is 5.73 Å². The van der Waals surface area contributed by atoms with Crippen LogP contribution in [-0.2, 0) is 19.4 Å². The van der Waals surface area contributed by atoms with Crippen molar-refractivity contribution < 1.29 is 32.5 Å². The summed E-state index contributed by atoms with van der Waals surface area (Å²) in [6.45, 7) is 1.15. The van der Waals surface area contributed by atoms with E-state index in [0.29, 0.717) is 0 Å². The maximum Gasteiger partial charge on any atom is 0.339 e. The molecule has 130 valence electrons. The molecule has 11 nitrogen and oxygen atoms in total. The highest BCUT2D eigenvalue weighted by Crippen LogP contribution is 2.25. The number of sulfone groups is 1. The van der Waals surface area contributed by atoms with Crippen LogP contribution in [0, 0.1) is 10.1 Å². The molecule has 24 heavy (non-hydrogen) atoms. The van der Waals surface area contributed by atoms with E-state index >= 15 is 0 Å². The van der Waals surface area contributed by atoms with Gasteiger partial charge in [-0.15, -0.1) is 0 Å². The highest BCUT2D eigenvalue weighted by molar-refractivity contribution is 7.90. The quantitative estimate of drug-likeness (QED) is 0.410. The fourth-order valence-corrected chi connectivity index (χ4v) is 2.43. The fourth-order valence-electron chi connectivity index (χ4n) is 1.61. The normalized spacial score (nSPS) is 12.1. The Kier molecular flexibility index (Phi) is 5.58. The standard InChI is InChI=1S/C12H13N3O8S/c1-6(10(16)14-12(13)18)23-11(17)7-3-4-9(24(2,21)22)8(5-7)15(19)20/h3-6H,1-2H3,(H3,13,14,16,18)/t6-/m0/s1. The smallest absolute Gasteiger partial charge is 0.339 e. The molecule has 3 amide bonds. The first-order chi connectivity index (χ1) is 10.9. The molecule has 12 heteroatoms. The molecule has 0 radical (unpaired) electrons. The summed E-state index contributed by atoms with van der Waals surface area (Å²) in [4.78, 5) is 43.3. The van der Waals surface area contributed by atoms with Gasteiger partial charge in [0.05, 0.1) is 10.5 Å². The van der Waals surface area contributed by atoms with Gasteiger partial charge in [0.25, 0.3) is 11.6 Å². The van der Waals surface area contributed by atoms with Gasteiger partial charge in [0.15, 0.2) is 15.9 Å². The number of rotatable bonds is 5. The number of hydrogen-bond donors (Lipinski definition) is 2. The topological polar surface area (TPSA) is 176 Å². The van der Waals surface area contributed by atoms with Gasteiger partial charge < -0.3 is 10.5 Å². The number of amides is 3. The van der Waals surface area contributed by atoms with E-state index in [9.17, 15) is 32.9 Å². The van der Waals surface area contributed by atoms with Crippen LogP contribution in [0.3, 0.4) is 0 Å². The van der Waals surface area contributed by atoms with Crippen molar-refractivity contribution in [3.05, 3.63) is 33.9 Å². The predicted molar refractivity (Wildman–Crippen MR) is 78.8 cm³/mol. The fraction of sp³-hybridized carbons (Fsp3) is 0.250. The van der Waals surface area contributed by atoms with Crippen molar-refractivity contribution >= 4 is 33.4 Å². The van der Waals surface area contributed by atoms with Crippen LogP contribution in [0.4, 0.5) is 10.5 Å². The van der Waals surface area contributed by atoms with E-state index in [0.717, 1.165) is 31.4 Å². The number of hydrogen-bond acceptors (Lipinski definition) is 8. The van der Waals surface area contributed by atoms with Crippen molar-refractivity contribution in [2.45, 2.75) is 17.9 Å². The first kappa shape index (κ1) is 19.0. The Balaban J connectivity index is 3.09. The van der Waals surface area contributed by atoms with Crippen molar-refractivity contribution in [3.8, 4) is 0 Å². The lowest BCUT2D eigenvalue weighted by Crippen LogP contribution is -2.42. The highest BCUT2D eigenvalue weighted by atomic mass is 32.2. The number of esters is 1. The van der Waals surface area contributed by atoms with Crippen LogP contribution in [0.1, 0.15) is 17.3 Å². The van der Waals surface area contributed by atoms with Gasteiger partial charge >= 0.3 is 12.0 Å². The number of nitrogens with two attached hydrogens (primary N) is 1. The summed E-state index contributed by atoms with van der Waals surface area (Å²) in [5, 5.41) is 12.7. The maximum absolute atomic E-state index is 11.9. The Bertz CT molecular complexity index is 818. The molecule has 1 aromatic carbocycles. The molecule has 0 heterocycles. The molecule has 0 aliphatic heterocycles. The lowest BCUT2D eigenvalue weighted by Gasteiger charge is -2.12. The summed E-state index contributed by atoms with van der Waals surface area (Å²) in [6, 6.07) is 1.47. The molecule has 1 rings (SSSR count). The number of nitro benzene ring substituents is 1. The third-order valence-corrected chi connectivity index (χ3v) is 3.83. The van der Waals surface area contributed by atoms with Gasteiger partial charge in [-0.25, -0.2) is 18.0 Å². The van der Waals surface area contributed by atoms with Crippen molar-refractivity contribution in [1.82, 2.24) is 5.32 Å². The van der Waals surface area contributed by atoms with Crippen LogP contribution in [0.2, 0.25) is 0 Å². The lowest BCUT2D eigenvalue weighted by atomic mass is 10.2. The predicted octanol–water partition coefficient (Wildman–Crippen LogP) is -0.261. The van der Waals surface area contributed by atoms with Gasteiger partial charge in [-0.05, 0) is 19.1 Å².